The highest BCUT2D eigenvalue weighted by molar-refractivity contribution is 6.04. The van der Waals surface area contributed by atoms with Gasteiger partial charge >= 0.3 is 0 Å². The molecule has 7 heteroatoms. The van der Waals surface area contributed by atoms with Crippen molar-refractivity contribution in [2.24, 2.45) is 0 Å². The third kappa shape index (κ3) is 2.61. The van der Waals surface area contributed by atoms with Gasteiger partial charge in [0.1, 0.15) is 11.5 Å². The molecular weight excluding hydrogens is 330 g/mol. The van der Waals surface area contributed by atoms with Crippen molar-refractivity contribution in [2.75, 3.05) is 12.4 Å². The molecule has 0 radical (unpaired) electrons. The van der Waals surface area contributed by atoms with Crippen LogP contribution in [0.25, 0.3) is 11.5 Å². The van der Waals surface area contributed by atoms with Crippen LogP contribution in [0.1, 0.15) is 25.0 Å². The number of amides is 1. The molecule has 7 nitrogen and oxygen atoms in total. The molecule has 26 heavy (non-hydrogen) atoms. The maximum absolute atomic E-state index is 12.1. The van der Waals surface area contributed by atoms with Gasteiger partial charge in [-0.05, 0) is 19.4 Å². The monoisotopic (exact) mass is 349 g/mol. The fraction of sp³-hybridized carbons (Fsp3) is 0.263. The molecule has 2 aromatic heterocycles. The van der Waals surface area contributed by atoms with E-state index in [-0.39, 0.29) is 5.91 Å². The van der Waals surface area contributed by atoms with Gasteiger partial charge in [-0.15, -0.1) is 0 Å². The van der Waals surface area contributed by atoms with Crippen LogP contribution in [0.15, 0.2) is 42.6 Å². The van der Waals surface area contributed by atoms with Gasteiger partial charge in [-0.1, -0.05) is 30.3 Å². The fourth-order valence-electron chi connectivity index (χ4n) is 2.99. The summed E-state index contributed by atoms with van der Waals surface area (Å²) < 4.78 is 7.21. The lowest BCUT2D eigenvalue weighted by Crippen LogP contribution is -2.26. The third-order valence-corrected chi connectivity index (χ3v) is 4.62. The lowest BCUT2D eigenvalue weighted by molar-refractivity contribution is -0.119. The van der Waals surface area contributed by atoms with Crippen molar-refractivity contribution < 1.29 is 9.53 Å². The number of methoxy groups -OCH3 is 1. The quantitative estimate of drug-likeness (QED) is 0.783. The van der Waals surface area contributed by atoms with E-state index >= 15 is 0 Å². The number of nitrogens with zero attached hydrogens (tertiary/aromatic N) is 4. The van der Waals surface area contributed by atoms with Crippen LogP contribution in [0, 0.1) is 0 Å². The van der Waals surface area contributed by atoms with E-state index in [1.807, 2.05) is 44.2 Å². The Bertz CT molecular complexity index is 979. The Balaban J connectivity index is 1.69. The minimum atomic E-state index is -0.627. The molecule has 1 aliphatic rings. The Kier molecular flexibility index (Phi) is 3.72. The van der Waals surface area contributed by atoms with Gasteiger partial charge in [-0.3, -0.25) is 4.79 Å². The number of aromatic nitrogens is 4. The summed E-state index contributed by atoms with van der Waals surface area (Å²) in [4.78, 5) is 21.0. The zero-order chi connectivity index (χ0) is 18.3. The summed E-state index contributed by atoms with van der Waals surface area (Å²) in [6, 6.07) is 11.8. The Labute approximate surface area is 151 Å². The van der Waals surface area contributed by atoms with Crippen molar-refractivity contribution in [1.82, 2.24) is 19.7 Å². The number of hydrogen-bond donors (Lipinski definition) is 1. The number of rotatable bonds is 4. The van der Waals surface area contributed by atoms with Gasteiger partial charge in [0.25, 0.3) is 0 Å². The average Bonchev–Trinajstić information content (AvgIpc) is 3.14. The second kappa shape index (κ2) is 5.94. The minimum Gasteiger partial charge on any atom is -0.481 e. The first-order chi connectivity index (χ1) is 12.5. The van der Waals surface area contributed by atoms with E-state index in [1.165, 1.54) is 0 Å². The molecule has 1 N–H and O–H groups in total. The van der Waals surface area contributed by atoms with Gasteiger partial charge < -0.3 is 10.1 Å². The van der Waals surface area contributed by atoms with Gasteiger partial charge in [-0.2, -0.15) is 5.10 Å². The van der Waals surface area contributed by atoms with E-state index in [4.69, 9.17) is 4.74 Å². The molecule has 0 saturated heterocycles. The first-order valence-electron chi connectivity index (χ1n) is 8.34. The molecule has 0 bridgehead atoms. The van der Waals surface area contributed by atoms with E-state index < -0.39 is 5.41 Å². The molecule has 0 aliphatic carbocycles. The van der Waals surface area contributed by atoms with Crippen molar-refractivity contribution in [3.63, 3.8) is 0 Å². The highest BCUT2D eigenvalue weighted by atomic mass is 16.5. The summed E-state index contributed by atoms with van der Waals surface area (Å²) in [6.07, 6.45) is 1.69. The minimum absolute atomic E-state index is 0.0777. The number of benzene rings is 1. The number of nitrogens with one attached hydrogen (secondary N) is 1. The fourth-order valence-corrected chi connectivity index (χ4v) is 2.99. The summed E-state index contributed by atoms with van der Waals surface area (Å²) >= 11 is 0. The van der Waals surface area contributed by atoms with Crippen LogP contribution in [-0.4, -0.2) is 32.8 Å². The van der Waals surface area contributed by atoms with Gasteiger partial charge in [-0.25, -0.2) is 14.6 Å². The molecule has 1 aliphatic heterocycles. The molecule has 4 rings (SSSR count). The van der Waals surface area contributed by atoms with Crippen LogP contribution in [-0.2, 0) is 16.8 Å². The van der Waals surface area contributed by atoms with Crippen LogP contribution in [0.3, 0.4) is 0 Å². The number of carbonyl (C=O) groups excluding carboxylic acids is 1. The van der Waals surface area contributed by atoms with Crippen molar-refractivity contribution >= 4 is 11.7 Å². The number of anilines is 1. The second-order valence-electron chi connectivity index (χ2n) is 6.75. The molecular formula is C19H19N5O2. The average molecular weight is 349 g/mol. The van der Waals surface area contributed by atoms with Crippen LogP contribution in [0.5, 0.6) is 5.88 Å². The Hall–Kier alpha value is -3.22. The number of fused-ring (bicyclic) bond motifs is 1. The second-order valence-corrected chi connectivity index (χ2v) is 6.75. The summed E-state index contributed by atoms with van der Waals surface area (Å²) in [7, 11) is 1.61. The summed E-state index contributed by atoms with van der Waals surface area (Å²) in [6.45, 7) is 4.29. The highest BCUT2D eigenvalue weighted by Crippen LogP contribution is 2.36. The zero-order valence-electron chi connectivity index (χ0n) is 14.9. The smallest absolute Gasteiger partial charge is 0.235 e. The summed E-state index contributed by atoms with van der Waals surface area (Å²) in [5, 5.41) is 7.40. The molecule has 1 amide bonds. The Morgan fingerprint density at radius 2 is 2.00 bits per heavy atom. The molecule has 3 heterocycles. The van der Waals surface area contributed by atoms with Crippen molar-refractivity contribution in [3.05, 3.63) is 53.7 Å². The molecule has 0 spiro atoms. The van der Waals surface area contributed by atoms with Crippen LogP contribution >= 0.6 is 0 Å². The van der Waals surface area contributed by atoms with Crippen molar-refractivity contribution in [2.45, 2.75) is 25.8 Å². The van der Waals surface area contributed by atoms with Crippen molar-refractivity contribution in [3.8, 4) is 17.4 Å². The molecule has 0 fully saturated rings. The highest BCUT2D eigenvalue weighted by Gasteiger charge is 2.40. The third-order valence-electron chi connectivity index (χ3n) is 4.62. The predicted octanol–water partition coefficient (Wildman–Crippen LogP) is 2.63. The van der Waals surface area contributed by atoms with Gasteiger partial charge in [0.05, 0.1) is 19.1 Å². The normalized spacial score (nSPS) is 14.8. The van der Waals surface area contributed by atoms with E-state index in [0.717, 1.165) is 11.1 Å². The van der Waals surface area contributed by atoms with Crippen LogP contribution < -0.4 is 10.1 Å². The summed E-state index contributed by atoms with van der Waals surface area (Å²) in [5.74, 6) is 1.54. The molecule has 0 saturated carbocycles. The van der Waals surface area contributed by atoms with E-state index in [1.54, 1.807) is 24.1 Å². The summed E-state index contributed by atoms with van der Waals surface area (Å²) in [5.41, 5.74) is 1.88. The lowest BCUT2D eigenvalue weighted by Gasteiger charge is -2.13. The lowest BCUT2D eigenvalue weighted by atomic mass is 9.88. The molecule has 1 aromatic carbocycles. The zero-order valence-corrected chi connectivity index (χ0v) is 14.9. The SMILES string of the molecule is COc1cc(-c2ncc3c(n2)NC(=O)C3(C)C)nn1Cc1ccccc1. The molecule has 132 valence electrons. The number of hydrogen-bond acceptors (Lipinski definition) is 5. The van der Waals surface area contributed by atoms with Crippen LogP contribution in [0.2, 0.25) is 0 Å². The molecule has 3 aromatic rings. The Morgan fingerprint density at radius 3 is 2.73 bits per heavy atom. The van der Waals surface area contributed by atoms with E-state index in [0.29, 0.717) is 29.8 Å². The maximum Gasteiger partial charge on any atom is 0.235 e. The van der Waals surface area contributed by atoms with Crippen molar-refractivity contribution in [1.29, 1.82) is 0 Å². The first-order valence-corrected chi connectivity index (χ1v) is 8.34. The number of ether oxygens (including phenoxy) is 1. The van der Waals surface area contributed by atoms with Gasteiger partial charge in [0.15, 0.2) is 5.82 Å². The molecule has 0 atom stereocenters. The van der Waals surface area contributed by atoms with E-state index in [9.17, 15) is 4.79 Å². The maximum atomic E-state index is 12.1. The topological polar surface area (TPSA) is 81.9 Å². The predicted molar refractivity (Wildman–Crippen MR) is 97.0 cm³/mol. The Morgan fingerprint density at radius 1 is 1.23 bits per heavy atom. The standard InChI is InChI=1S/C19H19N5O2/c1-19(2)13-10-20-17(21-16(13)22-18(19)25)14-9-15(26-3)24(23-14)11-12-7-5-4-6-8-12/h4-10H,11H2,1-3H3,(H,20,21,22,25). The van der Waals surface area contributed by atoms with Crippen LogP contribution in [0.4, 0.5) is 5.82 Å². The first kappa shape index (κ1) is 16.3. The van der Waals surface area contributed by atoms with Gasteiger partial charge in [0, 0.05) is 17.8 Å². The van der Waals surface area contributed by atoms with Gasteiger partial charge in [0.2, 0.25) is 11.8 Å². The molecule has 0 unspecified atom stereocenters. The van der Waals surface area contributed by atoms with E-state index in [2.05, 4.69) is 20.4 Å². The largest absolute Gasteiger partial charge is 0.481 e. The number of carbonyl (C=O) groups is 1.